The lowest BCUT2D eigenvalue weighted by Crippen LogP contribution is -2.48. The number of allylic oxidation sites excluding steroid dienone is 1. The second-order valence-corrected chi connectivity index (χ2v) is 4.61. The van der Waals surface area contributed by atoms with Crippen molar-refractivity contribution < 1.29 is 29.7 Å². The summed E-state index contributed by atoms with van der Waals surface area (Å²) in [7, 11) is 0. The van der Waals surface area contributed by atoms with Crippen LogP contribution in [0.25, 0.3) is 0 Å². The molecule has 2 rings (SSSR count). The SMILES string of the molecule is O=C(O)C1C=CC2=C(C1)CN(C(=O)O)[C@@H](C(=O)O)C2. The van der Waals surface area contributed by atoms with E-state index in [1.54, 1.807) is 6.08 Å². The molecule has 0 bridgehead atoms. The van der Waals surface area contributed by atoms with E-state index < -0.39 is 30.0 Å². The van der Waals surface area contributed by atoms with Crippen molar-refractivity contribution in [2.24, 2.45) is 5.92 Å². The smallest absolute Gasteiger partial charge is 0.408 e. The van der Waals surface area contributed by atoms with E-state index >= 15 is 0 Å². The highest BCUT2D eigenvalue weighted by Crippen LogP contribution is 2.32. The monoisotopic (exact) mass is 267 g/mol. The van der Waals surface area contributed by atoms with E-state index in [1.807, 2.05) is 0 Å². The molecule has 0 aromatic rings. The van der Waals surface area contributed by atoms with Gasteiger partial charge in [0.15, 0.2) is 0 Å². The molecule has 1 amide bonds. The number of rotatable bonds is 2. The average Bonchev–Trinajstić information content (AvgIpc) is 2.36. The first kappa shape index (κ1) is 13.1. The minimum absolute atomic E-state index is 0.0459. The van der Waals surface area contributed by atoms with Crippen LogP contribution >= 0.6 is 0 Å². The predicted molar refractivity (Wildman–Crippen MR) is 62.7 cm³/mol. The molecule has 1 unspecified atom stereocenters. The van der Waals surface area contributed by atoms with E-state index in [9.17, 15) is 14.4 Å². The number of carbonyl (C=O) groups is 3. The molecule has 7 nitrogen and oxygen atoms in total. The van der Waals surface area contributed by atoms with Gasteiger partial charge in [0.25, 0.3) is 0 Å². The van der Waals surface area contributed by atoms with Crippen LogP contribution in [0.15, 0.2) is 23.3 Å². The third-order valence-electron chi connectivity index (χ3n) is 3.45. The van der Waals surface area contributed by atoms with Crippen molar-refractivity contribution in [3.8, 4) is 0 Å². The second-order valence-electron chi connectivity index (χ2n) is 4.61. The number of hydrogen-bond acceptors (Lipinski definition) is 3. The van der Waals surface area contributed by atoms with Crippen molar-refractivity contribution >= 4 is 18.0 Å². The Morgan fingerprint density at radius 1 is 1.11 bits per heavy atom. The summed E-state index contributed by atoms with van der Waals surface area (Å²) in [5.41, 5.74) is 1.43. The van der Waals surface area contributed by atoms with E-state index in [0.29, 0.717) is 5.57 Å². The molecule has 1 aliphatic carbocycles. The van der Waals surface area contributed by atoms with Crippen LogP contribution in [-0.4, -0.2) is 50.8 Å². The third kappa shape index (κ3) is 2.44. The summed E-state index contributed by atoms with van der Waals surface area (Å²) in [6, 6.07) is -1.11. The maximum absolute atomic E-state index is 11.1. The fraction of sp³-hybridized carbons (Fsp3) is 0.417. The molecule has 0 fully saturated rings. The average molecular weight is 267 g/mol. The highest BCUT2D eigenvalue weighted by atomic mass is 16.4. The summed E-state index contributed by atoms with van der Waals surface area (Å²) in [5.74, 6) is -2.83. The van der Waals surface area contributed by atoms with Crippen molar-refractivity contribution in [3.63, 3.8) is 0 Å². The van der Waals surface area contributed by atoms with E-state index in [-0.39, 0.29) is 19.4 Å². The largest absolute Gasteiger partial charge is 0.481 e. The topological polar surface area (TPSA) is 115 Å². The van der Waals surface area contributed by atoms with Gasteiger partial charge in [-0.15, -0.1) is 0 Å². The van der Waals surface area contributed by atoms with Crippen molar-refractivity contribution in [3.05, 3.63) is 23.3 Å². The van der Waals surface area contributed by atoms with Crippen LogP contribution in [0.1, 0.15) is 12.8 Å². The molecule has 1 heterocycles. The Hall–Kier alpha value is -2.31. The molecule has 0 aromatic carbocycles. The number of carboxylic acids is 2. The Morgan fingerprint density at radius 2 is 1.79 bits per heavy atom. The van der Waals surface area contributed by atoms with E-state index in [1.165, 1.54) is 6.08 Å². The number of hydrogen-bond donors (Lipinski definition) is 3. The number of aliphatic carboxylic acids is 2. The summed E-state index contributed by atoms with van der Waals surface area (Å²) in [5, 5.41) is 27.0. The molecule has 0 spiro atoms. The highest BCUT2D eigenvalue weighted by molar-refractivity contribution is 5.81. The summed E-state index contributed by atoms with van der Waals surface area (Å²) in [6.45, 7) is -0.0459. The van der Waals surface area contributed by atoms with Crippen LogP contribution in [0.4, 0.5) is 4.79 Å². The molecule has 0 saturated carbocycles. The lowest BCUT2D eigenvalue weighted by molar-refractivity contribution is -0.143. The van der Waals surface area contributed by atoms with Crippen molar-refractivity contribution in [2.45, 2.75) is 18.9 Å². The first-order valence-corrected chi connectivity index (χ1v) is 5.74. The van der Waals surface area contributed by atoms with Gasteiger partial charge >= 0.3 is 18.0 Å². The summed E-state index contributed by atoms with van der Waals surface area (Å²) < 4.78 is 0. The molecule has 0 radical (unpaired) electrons. The zero-order valence-electron chi connectivity index (χ0n) is 9.94. The highest BCUT2D eigenvalue weighted by Gasteiger charge is 2.37. The molecule has 2 atom stereocenters. The Kier molecular flexibility index (Phi) is 3.28. The number of nitrogens with zero attached hydrogens (tertiary/aromatic N) is 1. The van der Waals surface area contributed by atoms with E-state index in [0.717, 1.165) is 10.5 Å². The van der Waals surface area contributed by atoms with Gasteiger partial charge in [-0.2, -0.15) is 0 Å². The van der Waals surface area contributed by atoms with Gasteiger partial charge in [-0.3, -0.25) is 9.69 Å². The first-order valence-electron chi connectivity index (χ1n) is 5.74. The Morgan fingerprint density at radius 3 is 2.32 bits per heavy atom. The number of amides is 1. The predicted octanol–water partition coefficient (Wildman–Crippen LogP) is 0.781. The maximum atomic E-state index is 11.1. The molecule has 0 aromatic heterocycles. The summed E-state index contributed by atoms with van der Waals surface area (Å²) in [4.78, 5) is 33.9. The zero-order valence-corrected chi connectivity index (χ0v) is 9.94. The summed E-state index contributed by atoms with van der Waals surface area (Å²) >= 11 is 0. The molecule has 102 valence electrons. The van der Waals surface area contributed by atoms with Crippen molar-refractivity contribution in [1.82, 2.24) is 4.90 Å². The van der Waals surface area contributed by atoms with Crippen molar-refractivity contribution in [2.75, 3.05) is 6.54 Å². The third-order valence-corrected chi connectivity index (χ3v) is 3.45. The van der Waals surface area contributed by atoms with Gasteiger partial charge in [-0.1, -0.05) is 12.2 Å². The second kappa shape index (κ2) is 4.75. The van der Waals surface area contributed by atoms with Gasteiger partial charge in [0.05, 0.1) is 5.92 Å². The van der Waals surface area contributed by atoms with Crippen LogP contribution in [-0.2, 0) is 9.59 Å². The Balaban J connectivity index is 2.26. The molecule has 19 heavy (non-hydrogen) atoms. The van der Waals surface area contributed by atoms with Gasteiger partial charge in [0.2, 0.25) is 0 Å². The minimum Gasteiger partial charge on any atom is -0.481 e. The lowest BCUT2D eigenvalue weighted by Gasteiger charge is -2.35. The lowest BCUT2D eigenvalue weighted by atomic mass is 9.84. The zero-order chi connectivity index (χ0) is 14.2. The van der Waals surface area contributed by atoms with Gasteiger partial charge in [-0.25, -0.2) is 9.59 Å². The van der Waals surface area contributed by atoms with Gasteiger partial charge in [0, 0.05) is 13.0 Å². The molecule has 3 N–H and O–H groups in total. The quantitative estimate of drug-likeness (QED) is 0.681. The van der Waals surface area contributed by atoms with Gasteiger partial charge < -0.3 is 15.3 Å². The molecule has 1 aliphatic heterocycles. The fourth-order valence-electron chi connectivity index (χ4n) is 2.42. The van der Waals surface area contributed by atoms with Gasteiger partial charge in [-0.05, 0) is 17.6 Å². The van der Waals surface area contributed by atoms with Crippen molar-refractivity contribution in [1.29, 1.82) is 0 Å². The molecule has 2 aliphatic rings. The van der Waals surface area contributed by atoms with Crippen LogP contribution in [0, 0.1) is 5.92 Å². The first-order chi connectivity index (χ1) is 8.90. The van der Waals surface area contributed by atoms with E-state index in [2.05, 4.69) is 0 Å². The van der Waals surface area contributed by atoms with Gasteiger partial charge in [0.1, 0.15) is 6.04 Å². The van der Waals surface area contributed by atoms with Crippen LogP contribution < -0.4 is 0 Å². The Labute approximate surface area is 108 Å². The molecule has 0 saturated heterocycles. The fourth-order valence-corrected chi connectivity index (χ4v) is 2.42. The van der Waals surface area contributed by atoms with Crippen LogP contribution in [0.3, 0.4) is 0 Å². The molecule has 7 heteroatoms. The molecular formula is C12H13NO6. The minimum atomic E-state index is -1.31. The maximum Gasteiger partial charge on any atom is 0.408 e. The standard InChI is InChI=1S/C12H13NO6/c14-10(15)7-2-1-6-4-9(11(16)17)13(12(18)19)5-8(6)3-7/h1-2,7,9H,3-5H2,(H,14,15)(H,16,17)(H,18,19)/t7?,9-/m1/s1. The normalized spacial score (nSPS) is 26.0. The van der Waals surface area contributed by atoms with E-state index in [4.69, 9.17) is 15.3 Å². The van der Waals surface area contributed by atoms with Crippen LogP contribution in [0.2, 0.25) is 0 Å². The Bertz CT molecular complexity index is 506. The van der Waals surface area contributed by atoms with Crippen LogP contribution in [0.5, 0.6) is 0 Å². The molecular weight excluding hydrogens is 254 g/mol. The summed E-state index contributed by atoms with van der Waals surface area (Å²) in [6.07, 6.45) is 2.14. The number of carboxylic acid groups (broad SMARTS) is 3.